The van der Waals surface area contributed by atoms with Crippen LogP contribution in [0.3, 0.4) is 0 Å². The number of carbonyl (C=O) groups is 2. The van der Waals surface area contributed by atoms with Crippen LogP contribution >= 0.6 is 0 Å². The van der Waals surface area contributed by atoms with Gasteiger partial charge in [0.15, 0.2) is 6.61 Å². The third kappa shape index (κ3) is 7.09. The maximum atomic E-state index is 13.9. The van der Waals surface area contributed by atoms with Crippen molar-refractivity contribution in [3.8, 4) is 0 Å². The van der Waals surface area contributed by atoms with Gasteiger partial charge in [0.1, 0.15) is 11.6 Å². The SMILES string of the molecule is O=C(OCC(=O)N1N=C2/C(=C\c3ccc(F)cc3)CCC[C@H]2[C@@H]1c1ccc(F)cc1)c1ccccc1Nc1cccc(C(F)(F)F)c1. The number of hydrogen-bond donors (Lipinski definition) is 1. The summed E-state index contributed by atoms with van der Waals surface area (Å²) in [5.74, 6) is -2.48. The fourth-order valence-corrected chi connectivity index (χ4v) is 5.93. The smallest absolute Gasteiger partial charge is 0.416 e. The molecule has 1 heterocycles. The number of nitrogens with zero attached hydrogens (tertiary/aromatic N) is 2. The van der Waals surface area contributed by atoms with Gasteiger partial charge in [-0.2, -0.15) is 18.3 Å². The molecule has 1 aliphatic heterocycles. The monoisotopic (exact) mass is 645 g/mol. The summed E-state index contributed by atoms with van der Waals surface area (Å²) in [6.07, 6.45) is -0.429. The number of carbonyl (C=O) groups excluding carboxylic acids is 2. The van der Waals surface area contributed by atoms with Crippen molar-refractivity contribution in [2.45, 2.75) is 31.5 Å². The molecular formula is C36H28F5N3O3. The van der Waals surface area contributed by atoms with Gasteiger partial charge < -0.3 is 10.1 Å². The Hall–Kier alpha value is -5.32. The number of hydrazone groups is 1. The predicted octanol–water partition coefficient (Wildman–Crippen LogP) is 8.71. The number of rotatable bonds is 7. The minimum Gasteiger partial charge on any atom is -0.452 e. The Morgan fingerprint density at radius 1 is 0.915 bits per heavy atom. The average molecular weight is 646 g/mol. The first-order chi connectivity index (χ1) is 22.6. The molecule has 4 aromatic rings. The largest absolute Gasteiger partial charge is 0.452 e. The molecule has 2 aliphatic rings. The third-order valence-corrected chi connectivity index (χ3v) is 8.12. The predicted molar refractivity (Wildman–Crippen MR) is 167 cm³/mol. The van der Waals surface area contributed by atoms with Gasteiger partial charge in [0.05, 0.1) is 28.6 Å². The molecule has 1 N–H and O–H groups in total. The number of alkyl halides is 3. The summed E-state index contributed by atoms with van der Waals surface area (Å²) < 4.78 is 72.4. The number of para-hydroxylation sites is 1. The number of fused-ring (bicyclic) bond motifs is 1. The Morgan fingerprint density at radius 2 is 1.62 bits per heavy atom. The highest BCUT2D eigenvalue weighted by atomic mass is 19.4. The number of anilines is 2. The first-order valence-corrected chi connectivity index (χ1v) is 14.9. The molecule has 1 saturated carbocycles. The first kappa shape index (κ1) is 31.7. The Morgan fingerprint density at radius 3 is 2.34 bits per heavy atom. The van der Waals surface area contributed by atoms with Crippen LogP contribution in [-0.2, 0) is 15.7 Å². The van der Waals surface area contributed by atoms with E-state index in [9.17, 15) is 31.5 Å². The van der Waals surface area contributed by atoms with Gasteiger partial charge in [-0.3, -0.25) is 4.79 Å². The van der Waals surface area contributed by atoms with Crippen LogP contribution in [0, 0.1) is 17.6 Å². The highest BCUT2D eigenvalue weighted by molar-refractivity contribution is 6.08. The van der Waals surface area contributed by atoms with Gasteiger partial charge >= 0.3 is 12.1 Å². The minimum atomic E-state index is -4.55. The van der Waals surface area contributed by atoms with Gasteiger partial charge in [-0.1, -0.05) is 42.5 Å². The van der Waals surface area contributed by atoms with Crippen LogP contribution in [-0.4, -0.2) is 29.2 Å². The zero-order valence-corrected chi connectivity index (χ0v) is 24.8. The summed E-state index contributed by atoms with van der Waals surface area (Å²) in [5.41, 5.74) is 2.47. The first-order valence-electron chi connectivity index (χ1n) is 14.9. The molecule has 6 rings (SSSR count). The summed E-state index contributed by atoms with van der Waals surface area (Å²) in [6, 6.07) is 21.9. The summed E-state index contributed by atoms with van der Waals surface area (Å²) in [5, 5.41) is 8.81. The third-order valence-electron chi connectivity index (χ3n) is 8.12. The number of amides is 1. The summed E-state index contributed by atoms with van der Waals surface area (Å²) in [7, 11) is 0. The molecule has 47 heavy (non-hydrogen) atoms. The zero-order valence-electron chi connectivity index (χ0n) is 24.8. The molecule has 0 saturated heterocycles. The van der Waals surface area contributed by atoms with Gasteiger partial charge in [-0.15, -0.1) is 0 Å². The number of allylic oxidation sites excluding steroid dienone is 1. The lowest BCUT2D eigenvalue weighted by Crippen LogP contribution is -2.34. The van der Waals surface area contributed by atoms with Gasteiger partial charge in [-0.25, -0.2) is 18.6 Å². The molecule has 1 aliphatic carbocycles. The lowest BCUT2D eigenvalue weighted by molar-refractivity contribution is -0.138. The molecule has 1 fully saturated rings. The fourth-order valence-electron chi connectivity index (χ4n) is 5.93. The van der Waals surface area contributed by atoms with Crippen LogP contribution in [0.5, 0.6) is 0 Å². The van der Waals surface area contributed by atoms with E-state index in [1.165, 1.54) is 53.5 Å². The number of benzene rings is 4. The molecule has 0 bridgehead atoms. The van der Waals surface area contributed by atoms with Gasteiger partial charge in [0, 0.05) is 11.6 Å². The summed E-state index contributed by atoms with van der Waals surface area (Å²) >= 11 is 0. The minimum absolute atomic E-state index is 0.0127. The molecule has 240 valence electrons. The van der Waals surface area contributed by atoms with E-state index in [1.54, 1.807) is 36.4 Å². The van der Waals surface area contributed by atoms with Crippen LogP contribution in [0.4, 0.5) is 33.3 Å². The van der Waals surface area contributed by atoms with Crippen molar-refractivity contribution in [1.82, 2.24) is 5.01 Å². The van der Waals surface area contributed by atoms with Crippen LogP contribution in [0.2, 0.25) is 0 Å². The van der Waals surface area contributed by atoms with Crippen LogP contribution in [0.1, 0.15) is 52.4 Å². The Bertz CT molecular complexity index is 1850. The van der Waals surface area contributed by atoms with Crippen LogP contribution in [0.15, 0.2) is 108 Å². The summed E-state index contributed by atoms with van der Waals surface area (Å²) in [4.78, 5) is 26.9. The molecule has 6 nitrogen and oxygen atoms in total. The van der Waals surface area contributed by atoms with Crippen molar-refractivity contribution < 1.29 is 36.3 Å². The number of hydrogen-bond acceptors (Lipinski definition) is 5. The van der Waals surface area contributed by atoms with Crippen molar-refractivity contribution in [2.75, 3.05) is 11.9 Å². The quantitative estimate of drug-likeness (QED) is 0.161. The van der Waals surface area contributed by atoms with E-state index in [-0.39, 0.29) is 28.7 Å². The highest BCUT2D eigenvalue weighted by Gasteiger charge is 2.44. The van der Waals surface area contributed by atoms with Crippen LogP contribution in [0.25, 0.3) is 6.08 Å². The molecule has 0 spiro atoms. The van der Waals surface area contributed by atoms with E-state index in [2.05, 4.69) is 5.32 Å². The molecule has 0 radical (unpaired) electrons. The van der Waals surface area contributed by atoms with Crippen molar-refractivity contribution in [3.63, 3.8) is 0 Å². The van der Waals surface area contributed by atoms with Gasteiger partial charge in [0.25, 0.3) is 5.91 Å². The van der Waals surface area contributed by atoms with Crippen molar-refractivity contribution in [3.05, 3.63) is 137 Å². The zero-order chi connectivity index (χ0) is 33.1. The number of ether oxygens (including phenoxy) is 1. The molecule has 0 aromatic heterocycles. The molecule has 0 unspecified atom stereocenters. The standard InChI is InChI=1S/C36H28F5N3O3/c37-26-15-11-22(12-16-26)19-24-5-3-9-30-33(24)43-44(34(30)23-13-17-27(38)18-14-23)32(45)21-47-35(46)29-8-1-2-10-31(29)42-28-7-4-6-25(20-28)36(39,40)41/h1-2,4,6-8,10-20,30,34,42H,3,5,9,21H2/b24-19-/t30-,34+/m1/s1. The average Bonchev–Trinajstić information content (AvgIpc) is 3.46. The second kappa shape index (κ2) is 13.2. The number of esters is 1. The van der Waals surface area contributed by atoms with E-state index in [0.717, 1.165) is 29.7 Å². The second-order valence-corrected chi connectivity index (χ2v) is 11.3. The molecule has 11 heteroatoms. The Labute approximate surface area is 267 Å². The van der Waals surface area contributed by atoms with E-state index >= 15 is 0 Å². The second-order valence-electron chi connectivity index (χ2n) is 11.3. The number of halogens is 5. The molecule has 4 aromatic carbocycles. The van der Waals surface area contributed by atoms with Crippen molar-refractivity contribution in [2.24, 2.45) is 11.0 Å². The lowest BCUT2D eigenvalue weighted by atomic mass is 9.77. The maximum Gasteiger partial charge on any atom is 0.416 e. The Balaban J connectivity index is 1.23. The Kier molecular flexibility index (Phi) is 8.88. The van der Waals surface area contributed by atoms with Gasteiger partial charge in [-0.05, 0) is 96.6 Å². The van der Waals surface area contributed by atoms with Gasteiger partial charge in [0.2, 0.25) is 0 Å². The van der Waals surface area contributed by atoms with E-state index in [0.29, 0.717) is 24.1 Å². The number of nitrogens with one attached hydrogen (secondary N) is 1. The molecule has 1 amide bonds. The van der Waals surface area contributed by atoms with E-state index < -0.39 is 42.1 Å². The molecule has 2 atom stereocenters. The maximum absolute atomic E-state index is 13.9. The topological polar surface area (TPSA) is 71.0 Å². The van der Waals surface area contributed by atoms with E-state index in [4.69, 9.17) is 9.84 Å². The molecular weight excluding hydrogens is 617 g/mol. The van der Waals surface area contributed by atoms with Crippen molar-refractivity contribution in [1.29, 1.82) is 0 Å². The fraction of sp³-hybridized carbons (Fsp3) is 0.194. The van der Waals surface area contributed by atoms with Crippen molar-refractivity contribution >= 4 is 35.0 Å². The summed E-state index contributed by atoms with van der Waals surface area (Å²) in [6.45, 7) is -0.672. The van der Waals surface area contributed by atoms with E-state index in [1.807, 2.05) is 6.08 Å². The highest BCUT2D eigenvalue weighted by Crippen LogP contribution is 2.44. The van der Waals surface area contributed by atoms with Crippen LogP contribution < -0.4 is 5.32 Å². The lowest BCUT2D eigenvalue weighted by Gasteiger charge is -2.29. The normalized spacial score (nSPS) is 18.4.